The van der Waals surface area contributed by atoms with Crippen molar-refractivity contribution in [3.63, 3.8) is 0 Å². The van der Waals surface area contributed by atoms with E-state index in [2.05, 4.69) is 50.0 Å². The van der Waals surface area contributed by atoms with Gasteiger partial charge in [-0.2, -0.15) is 4.98 Å². The molecule has 170 valence electrons. The monoisotopic (exact) mass is 442 g/mol. The molecule has 0 saturated carbocycles. The van der Waals surface area contributed by atoms with Crippen LogP contribution < -0.4 is 21.3 Å². The molecule has 1 aliphatic heterocycles. The van der Waals surface area contributed by atoms with E-state index >= 15 is 0 Å². The van der Waals surface area contributed by atoms with Gasteiger partial charge in [0.25, 0.3) is 0 Å². The van der Waals surface area contributed by atoms with Crippen LogP contribution in [0.5, 0.6) is 0 Å². The molecule has 1 fully saturated rings. The first kappa shape index (κ1) is 23.4. The van der Waals surface area contributed by atoms with Gasteiger partial charge < -0.3 is 21.3 Å². The Kier molecular flexibility index (Phi) is 8.75. The van der Waals surface area contributed by atoms with Crippen LogP contribution in [0.4, 0.5) is 26.2 Å². The quantitative estimate of drug-likeness (QED) is 0.352. The highest BCUT2D eigenvalue weighted by molar-refractivity contribution is 5.82. The molecular formula is C23H28F2N6O. The van der Waals surface area contributed by atoms with Crippen LogP contribution in [0.1, 0.15) is 38.2 Å². The van der Waals surface area contributed by atoms with Crippen molar-refractivity contribution in [3.05, 3.63) is 41.8 Å². The fourth-order valence-electron chi connectivity index (χ4n) is 3.17. The Bertz CT molecular complexity index is 974. The maximum Gasteiger partial charge on any atom is 0.237 e. The van der Waals surface area contributed by atoms with Crippen molar-refractivity contribution in [1.82, 2.24) is 20.6 Å². The van der Waals surface area contributed by atoms with Crippen molar-refractivity contribution < 1.29 is 13.6 Å². The molecule has 4 N–H and O–H groups in total. The van der Waals surface area contributed by atoms with E-state index in [4.69, 9.17) is 0 Å². The van der Waals surface area contributed by atoms with Crippen molar-refractivity contribution in [1.29, 1.82) is 0 Å². The van der Waals surface area contributed by atoms with Crippen molar-refractivity contribution in [3.8, 4) is 11.8 Å². The second-order valence-corrected chi connectivity index (χ2v) is 7.51. The number of hydrogen-bond donors (Lipinski definition) is 4. The van der Waals surface area contributed by atoms with E-state index in [-0.39, 0.29) is 24.7 Å². The lowest BCUT2D eigenvalue weighted by Crippen LogP contribution is -2.40. The summed E-state index contributed by atoms with van der Waals surface area (Å²) in [5.41, 5.74) is 1.22. The minimum absolute atomic E-state index is 0.168. The fraction of sp³-hybridized carbons (Fsp3) is 0.435. The van der Waals surface area contributed by atoms with E-state index in [0.29, 0.717) is 42.4 Å². The lowest BCUT2D eigenvalue weighted by Gasteiger charge is -2.10. The molecule has 0 radical (unpaired) electrons. The summed E-state index contributed by atoms with van der Waals surface area (Å²) in [6.45, 7) is 3.49. The van der Waals surface area contributed by atoms with Crippen molar-refractivity contribution >= 4 is 23.4 Å². The van der Waals surface area contributed by atoms with E-state index in [1.54, 1.807) is 18.3 Å². The molecule has 0 unspecified atom stereocenters. The first-order valence-corrected chi connectivity index (χ1v) is 10.8. The van der Waals surface area contributed by atoms with E-state index in [1.807, 2.05) is 0 Å². The van der Waals surface area contributed by atoms with Crippen LogP contribution in [0, 0.1) is 17.7 Å². The molecule has 1 saturated heterocycles. The minimum atomic E-state index is -0.954. The summed E-state index contributed by atoms with van der Waals surface area (Å²) >= 11 is 0. The number of halogens is 2. The Morgan fingerprint density at radius 3 is 2.97 bits per heavy atom. The molecule has 3 rings (SSSR count). The number of carbonyl (C=O) groups excluding carboxylic acids is 1. The second-order valence-electron chi connectivity index (χ2n) is 7.51. The van der Waals surface area contributed by atoms with Gasteiger partial charge in [-0.15, -0.1) is 0 Å². The second kappa shape index (κ2) is 12.0. The minimum Gasteiger partial charge on any atom is -0.369 e. The molecule has 2 aromatic rings. The van der Waals surface area contributed by atoms with E-state index < -0.39 is 12.2 Å². The highest BCUT2D eigenvalue weighted by atomic mass is 19.1. The maximum absolute atomic E-state index is 13.4. The number of amides is 1. The van der Waals surface area contributed by atoms with Gasteiger partial charge in [0, 0.05) is 38.2 Å². The van der Waals surface area contributed by atoms with Crippen LogP contribution >= 0.6 is 0 Å². The summed E-state index contributed by atoms with van der Waals surface area (Å²) in [4.78, 5) is 20.7. The standard InChI is InChI=1S/C23H28F2N6O/c1-2-10-26-21-16(14-29-23(31-21)30-19-9-6-8-17(24)12-19)7-4-3-5-11-27-22(32)20-13-18(25)15-28-20/h6,8-9,12,14,18,20,28H,2-3,5,10-11,13,15H2,1H3,(H,27,32)(H2,26,29,30,31)/t18-,20+/m1/s1. The number of benzene rings is 1. The smallest absolute Gasteiger partial charge is 0.237 e. The highest BCUT2D eigenvalue weighted by Crippen LogP contribution is 2.18. The van der Waals surface area contributed by atoms with Gasteiger partial charge in [0.15, 0.2) is 0 Å². The summed E-state index contributed by atoms with van der Waals surface area (Å²) < 4.78 is 26.5. The average Bonchev–Trinajstić information content (AvgIpc) is 3.22. The molecule has 0 aliphatic carbocycles. The Morgan fingerprint density at radius 1 is 1.34 bits per heavy atom. The average molecular weight is 443 g/mol. The first-order chi connectivity index (χ1) is 15.5. The summed E-state index contributed by atoms with van der Waals surface area (Å²) in [5.74, 6) is 6.59. The molecule has 9 heteroatoms. The normalized spacial score (nSPS) is 17.3. The predicted molar refractivity (Wildman–Crippen MR) is 121 cm³/mol. The van der Waals surface area contributed by atoms with Gasteiger partial charge in [0.1, 0.15) is 17.8 Å². The third kappa shape index (κ3) is 7.17. The van der Waals surface area contributed by atoms with Gasteiger partial charge in [0.05, 0.1) is 17.8 Å². The van der Waals surface area contributed by atoms with Gasteiger partial charge in [-0.1, -0.05) is 24.8 Å². The summed E-state index contributed by atoms with van der Waals surface area (Å²) in [6.07, 6.45) is 3.08. The van der Waals surface area contributed by atoms with Crippen molar-refractivity contribution in [2.75, 3.05) is 30.3 Å². The number of hydrogen-bond acceptors (Lipinski definition) is 6. The Labute approximate surface area is 186 Å². The number of aromatic nitrogens is 2. The molecule has 1 amide bonds. The zero-order valence-corrected chi connectivity index (χ0v) is 18.0. The fourth-order valence-corrected chi connectivity index (χ4v) is 3.17. The topological polar surface area (TPSA) is 91.0 Å². The number of alkyl halides is 1. The SMILES string of the molecule is CCCNc1nc(Nc2cccc(F)c2)ncc1C#CCCCNC(=O)[C@@H]1C[C@@H](F)CN1. The number of rotatable bonds is 9. The Hall–Kier alpha value is -3.25. The molecule has 7 nitrogen and oxygen atoms in total. The van der Waals surface area contributed by atoms with Crippen LogP contribution in [-0.4, -0.2) is 47.7 Å². The van der Waals surface area contributed by atoms with Gasteiger partial charge in [-0.3, -0.25) is 4.79 Å². The molecule has 2 heterocycles. The van der Waals surface area contributed by atoms with Crippen LogP contribution in [0.25, 0.3) is 0 Å². The molecule has 0 spiro atoms. The Morgan fingerprint density at radius 2 is 2.22 bits per heavy atom. The van der Waals surface area contributed by atoms with Gasteiger partial charge in [0.2, 0.25) is 11.9 Å². The summed E-state index contributed by atoms with van der Waals surface area (Å²) in [5, 5.41) is 11.9. The van der Waals surface area contributed by atoms with Crippen molar-refractivity contribution in [2.24, 2.45) is 0 Å². The van der Waals surface area contributed by atoms with Crippen LogP contribution in [0.2, 0.25) is 0 Å². The van der Waals surface area contributed by atoms with Crippen molar-refractivity contribution in [2.45, 2.75) is 44.8 Å². The molecule has 2 atom stereocenters. The Balaban J connectivity index is 1.53. The number of nitrogens with zero attached hydrogens (tertiary/aromatic N) is 2. The van der Waals surface area contributed by atoms with Gasteiger partial charge in [-0.05, 0) is 31.0 Å². The molecule has 0 bridgehead atoms. The third-order valence-corrected chi connectivity index (χ3v) is 4.81. The molecule has 1 aromatic heterocycles. The molecular weight excluding hydrogens is 414 g/mol. The largest absolute Gasteiger partial charge is 0.369 e. The highest BCUT2D eigenvalue weighted by Gasteiger charge is 2.28. The predicted octanol–water partition coefficient (Wildman–Crippen LogP) is 3.13. The van der Waals surface area contributed by atoms with Crippen LogP contribution in [0.3, 0.4) is 0 Å². The van der Waals surface area contributed by atoms with Crippen LogP contribution in [-0.2, 0) is 4.79 Å². The summed E-state index contributed by atoms with van der Waals surface area (Å²) in [7, 11) is 0. The van der Waals surface area contributed by atoms with Gasteiger partial charge >= 0.3 is 0 Å². The zero-order chi connectivity index (χ0) is 22.8. The van der Waals surface area contributed by atoms with Gasteiger partial charge in [-0.25, -0.2) is 13.8 Å². The van der Waals surface area contributed by atoms with E-state index in [0.717, 1.165) is 13.0 Å². The zero-order valence-electron chi connectivity index (χ0n) is 18.0. The number of anilines is 3. The molecule has 1 aromatic carbocycles. The molecule has 1 aliphatic rings. The third-order valence-electron chi connectivity index (χ3n) is 4.81. The summed E-state index contributed by atoms with van der Waals surface area (Å²) in [6, 6.07) is 5.64. The number of carbonyl (C=O) groups is 1. The van der Waals surface area contributed by atoms with E-state index in [9.17, 15) is 13.6 Å². The van der Waals surface area contributed by atoms with E-state index in [1.165, 1.54) is 12.1 Å². The number of nitrogens with one attached hydrogen (secondary N) is 4. The lowest BCUT2D eigenvalue weighted by atomic mass is 10.2. The maximum atomic E-state index is 13.4. The first-order valence-electron chi connectivity index (χ1n) is 10.8. The number of unbranched alkanes of at least 4 members (excludes halogenated alkanes) is 1. The van der Waals surface area contributed by atoms with Crippen LogP contribution in [0.15, 0.2) is 30.5 Å². The molecule has 32 heavy (non-hydrogen) atoms. The lowest BCUT2D eigenvalue weighted by molar-refractivity contribution is -0.122.